The third-order valence-electron chi connectivity index (χ3n) is 4.33. The fourth-order valence-corrected chi connectivity index (χ4v) is 3.18. The number of ketones is 1. The molecule has 2 rings (SSSR count). The number of ether oxygens (including phenoxy) is 1. The predicted octanol–water partition coefficient (Wildman–Crippen LogP) is 3.81. The van der Waals surface area contributed by atoms with E-state index in [4.69, 9.17) is 9.26 Å². The second-order valence-electron chi connectivity index (χ2n) is 5.84. The van der Waals surface area contributed by atoms with Crippen molar-refractivity contribution in [1.82, 2.24) is 10.1 Å². The van der Waals surface area contributed by atoms with Crippen LogP contribution in [0.25, 0.3) is 0 Å². The van der Waals surface area contributed by atoms with Gasteiger partial charge in [-0.15, -0.1) is 0 Å². The highest BCUT2D eigenvalue weighted by atomic mass is 16.5. The van der Waals surface area contributed by atoms with Crippen molar-refractivity contribution in [2.45, 2.75) is 71.3 Å². The Balaban J connectivity index is 2.16. The maximum atomic E-state index is 11.6. The van der Waals surface area contributed by atoms with Gasteiger partial charge in [0, 0.05) is 6.61 Å². The van der Waals surface area contributed by atoms with Crippen LogP contribution in [0.1, 0.15) is 83.0 Å². The van der Waals surface area contributed by atoms with Gasteiger partial charge in [-0.05, 0) is 39.0 Å². The molecule has 118 valence electrons. The van der Waals surface area contributed by atoms with E-state index in [0.717, 1.165) is 12.8 Å². The Hall–Kier alpha value is -1.23. The molecule has 0 amide bonds. The van der Waals surface area contributed by atoms with E-state index in [0.29, 0.717) is 30.7 Å². The minimum Gasteiger partial charge on any atom is -0.370 e. The monoisotopic (exact) mass is 294 g/mol. The summed E-state index contributed by atoms with van der Waals surface area (Å²) in [5.41, 5.74) is 0. The molecule has 2 atom stereocenters. The zero-order valence-electron chi connectivity index (χ0n) is 13.3. The second-order valence-corrected chi connectivity index (χ2v) is 5.84. The van der Waals surface area contributed by atoms with Gasteiger partial charge in [-0.1, -0.05) is 31.3 Å². The molecule has 0 aromatic carbocycles. The maximum Gasteiger partial charge on any atom is 0.237 e. The quantitative estimate of drug-likeness (QED) is 0.765. The predicted molar refractivity (Wildman–Crippen MR) is 79.0 cm³/mol. The highest BCUT2D eigenvalue weighted by molar-refractivity contribution is 5.82. The van der Waals surface area contributed by atoms with Crippen LogP contribution in [0.4, 0.5) is 0 Å². The molecule has 1 aromatic rings. The lowest BCUT2D eigenvalue weighted by Gasteiger charge is -2.27. The first-order valence-corrected chi connectivity index (χ1v) is 8.12. The molecule has 1 aromatic heterocycles. The van der Waals surface area contributed by atoms with Crippen molar-refractivity contribution in [1.29, 1.82) is 0 Å². The van der Waals surface area contributed by atoms with Crippen molar-refractivity contribution in [3.63, 3.8) is 0 Å². The van der Waals surface area contributed by atoms with Gasteiger partial charge in [-0.25, -0.2) is 0 Å². The highest BCUT2D eigenvalue weighted by Gasteiger charge is 2.31. The molecular formula is C16H26N2O3. The van der Waals surface area contributed by atoms with Gasteiger partial charge in [0.25, 0.3) is 0 Å². The molecule has 0 N–H and O–H groups in total. The number of nitrogens with zero attached hydrogens (tertiary/aromatic N) is 2. The molecule has 0 aliphatic heterocycles. The van der Waals surface area contributed by atoms with Gasteiger partial charge >= 0.3 is 0 Å². The van der Waals surface area contributed by atoms with E-state index in [2.05, 4.69) is 10.1 Å². The lowest BCUT2D eigenvalue weighted by atomic mass is 9.85. The van der Waals surface area contributed by atoms with Gasteiger partial charge < -0.3 is 9.26 Å². The molecule has 1 saturated carbocycles. The molecule has 0 spiro atoms. The van der Waals surface area contributed by atoms with E-state index in [-0.39, 0.29) is 17.8 Å². The van der Waals surface area contributed by atoms with E-state index in [1.54, 1.807) is 6.92 Å². The summed E-state index contributed by atoms with van der Waals surface area (Å²) in [7, 11) is 0. The molecule has 1 heterocycles. The Morgan fingerprint density at radius 1 is 1.33 bits per heavy atom. The third-order valence-corrected chi connectivity index (χ3v) is 4.33. The van der Waals surface area contributed by atoms with Crippen LogP contribution in [0.3, 0.4) is 0 Å². The molecule has 2 unspecified atom stereocenters. The molecule has 5 nitrogen and oxygen atoms in total. The topological polar surface area (TPSA) is 65.2 Å². The minimum atomic E-state index is -0.292. The van der Waals surface area contributed by atoms with Crippen LogP contribution in [0.2, 0.25) is 0 Å². The number of Topliss-reactive ketones (excluding diaryl/α,β-unsaturated/α-hetero) is 1. The Bertz CT molecular complexity index is 452. The van der Waals surface area contributed by atoms with Crippen LogP contribution >= 0.6 is 0 Å². The summed E-state index contributed by atoms with van der Waals surface area (Å²) in [5.74, 6) is 1.28. The van der Waals surface area contributed by atoms with Crippen molar-refractivity contribution in [3.05, 3.63) is 11.7 Å². The van der Waals surface area contributed by atoms with Gasteiger partial charge in [-0.2, -0.15) is 4.98 Å². The van der Waals surface area contributed by atoms with Crippen LogP contribution in [-0.4, -0.2) is 22.5 Å². The minimum absolute atomic E-state index is 0.0679. The van der Waals surface area contributed by atoms with E-state index in [1.807, 2.05) is 13.8 Å². The third kappa shape index (κ3) is 3.90. The zero-order chi connectivity index (χ0) is 15.2. The van der Waals surface area contributed by atoms with Crippen molar-refractivity contribution in [2.75, 3.05) is 6.61 Å². The van der Waals surface area contributed by atoms with Crippen LogP contribution in [-0.2, 0) is 9.53 Å². The largest absolute Gasteiger partial charge is 0.370 e. The molecule has 5 heteroatoms. The molecule has 0 bridgehead atoms. The fraction of sp³-hybridized carbons (Fsp3) is 0.812. The Labute approximate surface area is 126 Å². The maximum absolute atomic E-state index is 11.6. The molecule has 1 fully saturated rings. The van der Waals surface area contributed by atoms with E-state index in [1.165, 1.54) is 19.3 Å². The van der Waals surface area contributed by atoms with Crippen LogP contribution in [0.15, 0.2) is 4.52 Å². The number of rotatable bonds is 7. The Kier molecular flexibility index (Phi) is 5.91. The van der Waals surface area contributed by atoms with Crippen molar-refractivity contribution < 1.29 is 14.1 Å². The van der Waals surface area contributed by atoms with Gasteiger partial charge in [0.15, 0.2) is 0 Å². The van der Waals surface area contributed by atoms with E-state index >= 15 is 0 Å². The van der Waals surface area contributed by atoms with Gasteiger partial charge in [0.05, 0.1) is 5.92 Å². The molecule has 21 heavy (non-hydrogen) atoms. The number of carbonyl (C=O) groups is 1. The summed E-state index contributed by atoms with van der Waals surface area (Å²) >= 11 is 0. The van der Waals surface area contributed by atoms with Crippen molar-refractivity contribution >= 4 is 5.78 Å². The smallest absolute Gasteiger partial charge is 0.237 e. The first-order chi connectivity index (χ1) is 10.2. The second kappa shape index (κ2) is 7.69. The Morgan fingerprint density at radius 2 is 2.05 bits per heavy atom. The zero-order valence-corrected chi connectivity index (χ0v) is 13.3. The van der Waals surface area contributed by atoms with Gasteiger partial charge in [0.2, 0.25) is 11.7 Å². The van der Waals surface area contributed by atoms with Gasteiger partial charge in [-0.3, -0.25) is 4.79 Å². The number of hydrogen-bond donors (Lipinski definition) is 0. The normalized spacial score (nSPS) is 19.4. The Morgan fingerprint density at radius 3 is 2.62 bits per heavy atom. The first-order valence-electron chi connectivity index (χ1n) is 8.12. The van der Waals surface area contributed by atoms with Crippen LogP contribution in [0.5, 0.6) is 0 Å². The molecular weight excluding hydrogens is 268 g/mol. The van der Waals surface area contributed by atoms with E-state index in [9.17, 15) is 4.79 Å². The summed E-state index contributed by atoms with van der Waals surface area (Å²) < 4.78 is 11.2. The lowest BCUT2D eigenvalue weighted by molar-refractivity contribution is -0.119. The number of aromatic nitrogens is 2. The molecule has 1 aliphatic carbocycles. The molecule has 0 radical (unpaired) electrons. The van der Waals surface area contributed by atoms with Crippen LogP contribution in [0, 0.1) is 5.92 Å². The fourth-order valence-electron chi connectivity index (χ4n) is 3.18. The standard InChI is InChI=1S/C16H26N2O3/c1-4-13(11(3)19)16-17-15(18-21-16)14(20-5-2)12-9-7-6-8-10-12/h12-14H,4-10H2,1-3H3. The van der Waals surface area contributed by atoms with Crippen LogP contribution < -0.4 is 0 Å². The average molecular weight is 294 g/mol. The first kappa shape index (κ1) is 16.1. The van der Waals surface area contributed by atoms with Gasteiger partial charge in [0.1, 0.15) is 11.9 Å². The van der Waals surface area contributed by atoms with Crippen molar-refractivity contribution in [3.8, 4) is 0 Å². The number of hydrogen-bond acceptors (Lipinski definition) is 5. The average Bonchev–Trinajstić information content (AvgIpc) is 2.95. The summed E-state index contributed by atoms with van der Waals surface area (Å²) in [6.45, 7) is 6.15. The summed E-state index contributed by atoms with van der Waals surface area (Å²) in [5, 5.41) is 4.10. The SMILES string of the molecule is CCOC(c1noc(C(CC)C(C)=O)n1)C1CCCCC1. The van der Waals surface area contributed by atoms with Crippen molar-refractivity contribution in [2.24, 2.45) is 5.92 Å². The van der Waals surface area contributed by atoms with E-state index < -0.39 is 0 Å². The summed E-state index contributed by atoms with van der Waals surface area (Å²) in [6.07, 6.45) is 6.66. The number of carbonyl (C=O) groups excluding carboxylic acids is 1. The lowest BCUT2D eigenvalue weighted by Crippen LogP contribution is -2.20. The molecule has 1 aliphatic rings. The highest BCUT2D eigenvalue weighted by Crippen LogP contribution is 2.36. The molecule has 0 saturated heterocycles. The summed E-state index contributed by atoms with van der Waals surface area (Å²) in [6, 6.07) is 0. The summed E-state index contributed by atoms with van der Waals surface area (Å²) in [4.78, 5) is 16.1.